The third-order valence-electron chi connectivity index (χ3n) is 3.69. The molecule has 0 bridgehead atoms. The number of amides is 2. The molecule has 0 fully saturated rings. The Morgan fingerprint density at radius 2 is 1.81 bits per heavy atom. The molecule has 0 aliphatic heterocycles. The first-order valence-corrected chi connectivity index (χ1v) is 8.62. The van der Waals surface area contributed by atoms with E-state index in [2.05, 4.69) is 15.6 Å². The lowest BCUT2D eigenvalue weighted by Crippen LogP contribution is -2.11. The first-order valence-electron chi connectivity index (χ1n) is 7.80. The maximum absolute atomic E-state index is 12.5. The lowest BCUT2D eigenvalue weighted by atomic mass is 10.2. The van der Waals surface area contributed by atoms with Crippen LogP contribution < -0.4 is 10.6 Å². The van der Waals surface area contributed by atoms with E-state index in [1.54, 1.807) is 36.5 Å². The molecule has 0 aliphatic carbocycles. The molecule has 0 aliphatic rings. The molecule has 0 saturated carbocycles. The first kappa shape index (κ1) is 16.0. The van der Waals surface area contributed by atoms with E-state index in [4.69, 9.17) is 4.42 Å². The van der Waals surface area contributed by atoms with Gasteiger partial charge in [0.25, 0.3) is 11.8 Å². The average Bonchev–Trinajstić information content (AvgIpc) is 3.34. The summed E-state index contributed by atoms with van der Waals surface area (Å²) in [6, 6.07) is 15.9. The van der Waals surface area contributed by atoms with Crippen molar-refractivity contribution < 1.29 is 14.0 Å². The zero-order chi connectivity index (χ0) is 17.9. The summed E-state index contributed by atoms with van der Waals surface area (Å²) in [6.45, 7) is 0. The molecule has 4 rings (SSSR count). The van der Waals surface area contributed by atoms with Crippen LogP contribution in [0.1, 0.15) is 20.2 Å². The van der Waals surface area contributed by atoms with Crippen LogP contribution in [-0.4, -0.2) is 16.8 Å². The summed E-state index contributed by atoms with van der Waals surface area (Å²) >= 11 is 1.19. The van der Waals surface area contributed by atoms with E-state index in [0.717, 1.165) is 10.9 Å². The second-order valence-corrected chi connectivity index (χ2v) is 6.51. The number of nitrogens with one attached hydrogen (secondary N) is 2. The molecule has 4 aromatic rings. The highest BCUT2D eigenvalue weighted by Gasteiger charge is 2.14. The molecule has 7 heteroatoms. The van der Waals surface area contributed by atoms with Gasteiger partial charge in [-0.15, -0.1) is 11.3 Å². The number of hydrogen-bond acceptors (Lipinski definition) is 5. The molecule has 0 unspecified atom stereocenters. The number of carbonyl (C=O) groups excluding carboxylic acids is 2. The van der Waals surface area contributed by atoms with Crippen molar-refractivity contribution in [3.8, 4) is 0 Å². The van der Waals surface area contributed by atoms with Crippen molar-refractivity contribution in [3.63, 3.8) is 0 Å². The second kappa shape index (κ2) is 6.81. The molecule has 0 atom stereocenters. The van der Waals surface area contributed by atoms with Gasteiger partial charge in [0, 0.05) is 11.6 Å². The summed E-state index contributed by atoms with van der Waals surface area (Å²) < 4.78 is 5.05. The Kier molecular flexibility index (Phi) is 4.20. The number of anilines is 2. The number of benzene rings is 1. The zero-order valence-electron chi connectivity index (χ0n) is 13.4. The smallest absolute Gasteiger partial charge is 0.291 e. The molecule has 0 spiro atoms. The molecule has 128 valence electrons. The molecule has 0 radical (unpaired) electrons. The highest BCUT2D eigenvalue weighted by Crippen LogP contribution is 2.25. The van der Waals surface area contributed by atoms with Crippen molar-refractivity contribution in [1.29, 1.82) is 0 Å². The summed E-state index contributed by atoms with van der Waals surface area (Å²) in [5.74, 6) is -0.403. The van der Waals surface area contributed by atoms with Crippen molar-refractivity contribution >= 4 is 44.7 Å². The van der Waals surface area contributed by atoms with Gasteiger partial charge in [0.15, 0.2) is 5.76 Å². The summed E-state index contributed by atoms with van der Waals surface area (Å²) in [6.07, 6.45) is 3.12. The van der Waals surface area contributed by atoms with E-state index in [-0.39, 0.29) is 17.6 Å². The Balaban J connectivity index is 1.50. The lowest BCUT2D eigenvalue weighted by Gasteiger charge is -2.06. The van der Waals surface area contributed by atoms with Gasteiger partial charge in [-0.2, -0.15) is 0 Å². The number of fused-ring (bicyclic) bond motifs is 1. The van der Waals surface area contributed by atoms with Gasteiger partial charge in [-0.05, 0) is 36.4 Å². The van der Waals surface area contributed by atoms with Gasteiger partial charge in [0.05, 0.1) is 27.3 Å². The average molecular weight is 363 g/mol. The molecule has 3 aromatic heterocycles. The van der Waals surface area contributed by atoms with Crippen LogP contribution in [0.25, 0.3) is 10.9 Å². The van der Waals surface area contributed by atoms with Crippen LogP contribution in [0.4, 0.5) is 10.7 Å². The van der Waals surface area contributed by atoms with Gasteiger partial charge in [-0.1, -0.05) is 18.2 Å². The van der Waals surface area contributed by atoms with E-state index in [9.17, 15) is 9.59 Å². The van der Waals surface area contributed by atoms with Crippen LogP contribution in [0.15, 0.2) is 71.5 Å². The summed E-state index contributed by atoms with van der Waals surface area (Å²) in [4.78, 5) is 29.3. The number of hydrogen-bond donors (Lipinski definition) is 2. The number of thiophene rings is 1. The molecule has 6 nitrogen and oxygen atoms in total. The van der Waals surface area contributed by atoms with Gasteiger partial charge >= 0.3 is 0 Å². The number of pyridine rings is 1. The van der Waals surface area contributed by atoms with Crippen LogP contribution in [0.3, 0.4) is 0 Å². The zero-order valence-corrected chi connectivity index (χ0v) is 14.2. The minimum atomic E-state index is -0.359. The highest BCUT2D eigenvalue weighted by molar-refractivity contribution is 7.18. The van der Waals surface area contributed by atoms with Crippen LogP contribution in [-0.2, 0) is 0 Å². The third-order valence-corrected chi connectivity index (χ3v) is 4.69. The minimum absolute atomic E-state index is 0.214. The van der Waals surface area contributed by atoms with E-state index in [1.807, 2.05) is 24.3 Å². The Morgan fingerprint density at radius 3 is 2.65 bits per heavy atom. The summed E-state index contributed by atoms with van der Waals surface area (Å²) in [7, 11) is 0. The van der Waals surface area contributed by atoms with E-state index < -0.39 is 0 Å². The maximum Gasteiger partial charge on any atom is 0.291 e. The second-order valence-electron chi connectivity index (χ2n) is 5.43. The minimum Gasteiger partial charge on any atom is -0.459 e. The molecule has 1 aromatic carbocycles. The van der Waals surface area contributed by atoms with Crippen LogP contribution >= 0.6 is 11.3 Å². The third kappa shape index (κ3) is 3.20. The first-order chi connectivity index (χ1) is 12.7. The fourth-order valence-electron chi connectivity index (χ4n) is 2.50. The molecular weight excluding hydrogens is 350 g/mol. The molecule has 2 amide bonds. The SMILES string of the molecule is O=C(Nc1ccc(C(=O)Nc2cccc3cccnc23)s1)c1ccco1. The Bertz CT molecular complexity index is 1080. The molecule has 3 heterocycles. The monoisotopic (exact) mass is 363 g/mol. The quantitative estimate of drug-likeness (QED) is 0.563. The van der Waals surface area contributed by atoms with Crippen LogP contribution in [0.5, 0.6) is 0 Å². The van der Waals surface area contributed by atoms with Gasteiger partial charge in [-0.25, -0.2) is 0 Å². The number of carbonyl (C=O) groups is 2. The van der Waals surface area contributed by atoms with Gasteiger partial charge < -0.3 is 15.1 Å². The number of aromatic nitrogens is 1. The summed E-state index contributed by atoms with van der Waals surface area (Å²) in [5.41, 5.74) is 1.37. The number of furan rings is 1. The van der Waals surface area contributed by atoms with Gasteiger partial charge in [0.2, 0.25) is 0 Å². The Hall–Kier alpha value is -3.45. The standard InChI is InChI=1S/C19H13N3O3S/c23-18(14-7-3-11-25-14)22-16-9-8-15(26-16)19(24)21-13-6-1-4-12-5-2-10-20-17(12)13/h1-11H,(H,21,24)(H,22,23). The lowest BCUT2D eigenvalue weighted by molar-refractivity contribution is 0.0995. The van der Waals surface area contributed by atoms with Crippen molar-refractivity contribution in [2.24, 2.45) is 0 Å². The predicted molar refractivity (Wildman–Crippen MR) is 101 cm³/mol. The number of para-hydroxylation sites is 1. The molecular formula is C19H13N3O3S. The predicted octanol–water partition coefficient (Wildman–Crippen LogP) is 4.39. The van der Waals surface area contributed by atoms with Crippen molar-refractivity contribution in [1.82, 2.24) is 4.98 Å². The molecule has 2 N–H and O–H groups in total. The fourth-order valence-corrected chi connectivity index (χ4v) is 3.29. The Labute approximate surface area is 152 Å². The summed E-state index contributed by atoms with van der Waals surface area (Å²) in [5, 5.41) is 7.09. The molecule has 26 heavy (non-hydrogen) atoms. The van der Waals surface area contributed by atoms with Crippen molar-refractivity contribution in [2.45, 2.75) is 0 Å². The van der Waals surface area contributed by atoms with Gasteiger partial charge in [-0.3, -0.25) is 14.6 Å². The Morgan fingerprint density at radius 1 is 0.923 bits per heavy atom. The van der Waals surface area contributed by atoms with Gasteiger partial charge in [0.1, 0.15) is 0 Å². The van der Waals surface area contributed by atoms with E-state index in [1.165, 1.54) is 17.6 Å². The highest BCUT2D eigenvalue weighted by atomic mass is 32.1. The maximum atomic E-state index is 12.5. The van der Waals surface area contributed by atoms with Crippen LogP contribution in [0, 0.1) is 0 Å². The molecule has 0 saturated heterocycles. The normalized spacial score (nSPS) is 10.6. The van der Waals surface area contributed by atoms with Crippen molar-refractivity contribution in [2.75, 3.05) is 10.6 Å². The topological polar surface area (TPSA) is 84.2 Å². The largest absolute Gasteiger partial charge is 0.459 e. The van der Waals surface area contributed by atoms with E-state index >= 15 is 0 Å². The van der Waals surface area contributed by atoms with Crippen molar-refractivity contribution in [3.05, 3.63) is 77.7 Å². The van der Waals surface area contributed by atoms with E-state index in [0.29, 0.717) is 15.6 Å². The number of rotatable bonds is 4. The van der Waals surface area contributed by atoms with Crippen LogP contribution in [0.2, 0.25) is 0 Å². The number of nitrogens with zero attached hydrogens (tertiary/aromatic N) is 1. The fraction of sp³-hybridized carbons (Fsp3) is 0.